The fourth-order valence-electron chi connectivity index (χ4n) is 1.79. The molecule has 2 atom stereocenters. The molecule has 1 fully saturated rings. The smallest absolute Gasteiger partial charge is 0.0436 e. The predicted molar refractivity (Wildman–Crippen MR) is 38.2 cm³/mol. The van der Waals surface area contributed by atoms with Gasteiger partial charge >= 0.3 is 0 Å². The molecule has 1 aliphatic carbocycles. The summed E-state index contributed by atoms with van der Waals surface area (Å²) in [5.74, 6) is 0.870. The van der Waals surface area contributed by atoms with Crippen molar-refractivity contribution in [3.8, 4) is 0 Å². The Kier molecular flexibility index (Phi) is 1.80. The maximum Gasteiger partial charge on any atom is 0.0436 e. The summed E-state index contributed by atoms with van der Waals surface area (Å²) in [5, 5.41) is 8.69. The Bertz CT molecular complexity index is 96.7. The van der Waals surface area contributed by atoms with E-state index in [1.54, 1.807) is 0 Å². The van der Waals surface area contributed by atoms with Gasteiger partial charge in [-0.2, -0.15) is 0 Å². The van der Waals surface area contributed by atoms with Gasteiger partial charge in [0.2, 0.25) is 0 Å². The monoisotopic (exact) mass is 128 g/mol. The third kappa shape index (κ3) is 1.11. The van der Waals surface area contributed by atoms with Gasteiger partial charge in [0.05, 0.1) is 0 Å². The van der Waals surface area contributed by atoms with E-state index >= 15 is 0 Å². The Morgan fingerprint density at radius 2 is 2.22 bits per heavy atom. The van der Waals surface area contributed by atoms with Crippen LogP contribution in [0, 0.1) is 11.3 Å². The van der Waals surface area contributed by atoms with Gasteiger partial charge in [-0.25, -0.2) is 0 Å². The first-order valence-corrected chi connectivity index (χ1v) is 3.86. The summed E-state index contributed by atoms with van der Waals surface area (Å²) in [6, 6.07) is 0. The zero-order chi connectivity index (χ0) is 6.91. The minimum Gasteiger partial charge on any atom is -0.396 e. The SMILES string of the molecule is CC[C@@]1(CCO)C[C@H]1C. The Balaban J connectivity index is 2.33. The van der Waals surface area contributed by atoms with Crippen molar-refractivity contribution in [1.29, 1.82) is 0 Å². The number of hydrogen-bond donors (Lipinski definition) is 1. The van der Waals surface area contributed by atoms with Gasteiger partial charge in [0.25, 0.3) is 0 Å². The van der Waals surface area contributed by atoms with Crippen LogP contribution in [0.1, 0.15) is 33.1 Å². The number of hydrogen-bond acceptors (Lipinski definition) is 1. The van der Waals surface area contributed by atoms with Crippen LogP contribution in [0.25, 0.3) is 0 Å². The second-order valence-electron chi connectivity index (χ2n) is 3.29. The molecular weight excluding hydrogens is 112 g/mol. The van der Waals surface area contributed by atoms with Crippen LogP contribution in [0.3, 0.4) is 0 Å². The first kappa shape index (κ1) is 7.07. The van der Waals surface area contributed by atoms with Gasteiger partial charge in [-0.3, -0.25) is 0 Å². The van der Waals surface area contributed by atoms with E-state index in [9.17, 15) is 0 Å². The third-order valence-corrected chi connectivity index (χ3v) is 2.91. The average molecular weight is 128 g/mol. The number of aliphatic hydroxyl groups excluding tert-OH is 1. The lowest BCUT2D eigenvalue weighted by Gasteiger charge is -2.10. The van der Waals surface area contributed by atoms with Crippen LogP contribution in [-0.2, 0) is 0 Å². The van der Waals surface area contributed by atoms with Crippen molar-refractivity contribution in [3.63, 3.8) is 0 Å². The molecule has 54 valence electrons. The first-order chi connectivity index (χ1) is 4.25. The zero-order valence-electron chi connectivity index (χ0n) is 6.35. The summed E-state index contributed by atoms with van der Waals surface area (Å²) < 4.78 is 0. The third-order valence-electron chi connectivity index (χ3n) is 2.91. The highest BCUT2D eigenvalue weighted by molar-refractivity contribution is 4.98. The van der Waals surface area contributed by atoms with Gasteiger partial charge in [0.1, 0.15) is 0 Å². The molecule has 1 heteroatoms. The van der Waals surface area contributed by atoms with Crippen molar-refractivity contribution in [2.24, 2.45) is 11.3 Å². The Morgan fingerprint density at radius 3 is 2.33 bits per heavy atom. The maximum absolute atomic E-state index is 8.69. The fourth-order valence-corrected chi connectivity index (χ4v) is 1.79. The number of rotatable bonds is 3. The largest absolute Gasteiger partial charge is 0.396 e. The molecule has 1 aliphatic rings. The van der Waals surface area contributed by atoms with Gasteiger partial charge in [-0.15, -0.1) is 0 Å². The molecule has 1 rings (SSSR count). The van der Waals surface area contributed by atoms with Crippen LogP contribution in [0.2, 0.25) is 0 Å². The molecule has 0 aliphatic heterocycles. The standard InChI is InChI=1S/C8H16O/c1-3-8(4-5-9)6-7(8)2/h7,9H,3-6H2,1-2H3/t7-,8-/m1/s1. The van der Waals surface area contributed by atoms with E-state index in [2.05, 4.69) is 13.8 Å². The predicted octanol–water partition coefficient (Wildman–Crippen LogP) is 1.80. The summed E-state index contributed by atoms with van der Waals surface area (Å²) in [6.45, 7) is 4.87. The average Bonchev–Trinajstić information content (AvgIpc) is 2.45. The lowest BCUT2D eigenvalue weighted by Crippen LogP contribution is -2.03. The molecule has 0 aromatic rings. The minimum absolute atomic E-state index is 0.373. The molecule has 0 bridgehead atoms. The molecule has 1 saturated carbocycles. The van der Waals surface area contributed by atoms with Crippen molar-refractivity contribution >= 4 is 0 Å². The normalized spacial score (nSPS) is 41.0. The molecule has 0 saturated heterocycles. The van der Waals surface area contributed by atoms with Crippen molar-refractivity contribution < 1.29 is 5.11 Å². The van der Waals surface area contributed by atoms with Crippen molar-refractivity contribution in [3.05, 3.63) is 0 Å². The van der Waals surface area contributed by atoms with Gasteiger partial charge in [0.15, 0.2) is 0 Å². The van der Waals surface area contributed by atoms with Crippen LogP contribution in [0.15, 0.2) is 0 Å². The molecule has 0 aromatic heterocycles. The Labute approximate surface area is 57.1 Å². The molecule has 0 spiro atoms. The van der Waals surface area contributed by atoms with Crippen LogP contribution < -0.4 is 0 Å². The molecule has 0 amide bonds. The second-order valence-corrected chi connectivity index (χ2v) is 3.29. The van der Waals surface area contributed by atoms with Crippen LogP contribution in [0.4, 0.5) is 0 Å². The topological polar surface area (TPSA) is 20.2 Å². The van der Waals surface area contributed by atoms with Crippen LogP contribution >= 0.6 is 0 Å². The lowest BCUT2D eigenvalue weighted by molar-refractivity contribution is 0.238. The quantitative estimate of drug-likeness (QED) is 0.614. The zero-order valence-corrected chi connectivity index (χ0v) is 6.35. The van der Waals surface area contributed by atoms with E-state index in [1.165, 1.54) is 12.8 Å². The molecule has 0 unspecified atom stereocenters. The van der Waals surface area contributed by atoms with Crippen LogP contribution in [0.5, 0.6) is 0 Å². The molecule has 1 N–H and O–H groups in total. The summed E-state index contributed by atoms with van der Waals surface area (Å²) in [4.78, 5) is 0. The molecule has 1 nitrogen and oxygen atoms in total. The highest BCUT2D eigenvalue weighted by atomic mass is 16.3. The van der Waals surface area contributed by atoms with Gasteiger partial charge < -0.3 is 5.11 Å². The van der Waals surface area contributed by atoms with E-state index in [4.69, 9.17) is 5.11 Å². The fraction of sp³-hybridized carbons (Fsp3) is 1.00. The van der Waals surface area contributed by atoms with Gasteiger partial charge in [-0.05, 0) is 24.2 Å². The van der Waals surface area contributed by atoms with E-state index in [0.717, 1.165) is 12.3 Å². The summed E-state index contributed by atoms with van der Waals surface area (Å²) >= 11 is 0. The Morgan fingerprint density at radius 1 is 1.67 bits per heavy atom. The van der Waals surface area contributed by atoms with E-state index in [1.807, 2.05) is 0 Å². The molecule has 9 heavy (non-hydrogen) atoms. The van der Waals surface area contributed by atoms with Gasteiger partial charge in [0, 0.05) is 6.61 Å². The van der Waals surface area contributed by atoms with Crippen LogP contribution in [-0.4, -0.2) is 11.7 Å². The van der Waals surface area contributed by atoms with Gasteiger partial charge in [-0.1, -0.05) is 20.3 Å². The first-order valence-electron chi connectivity index (χ1n) is 3.86. The Hall–Kier alpha value is -0.0400. The van der Waals surface area contributed by atoms with Crippen molar-refractivity contribution in [2.45, 2.75) is 33.1 Å². The molecular formula is C8H16O. The highest BCUT2D eigenvalue weighted by Crippen LogP contribution is 2.57. The summed E-state index contributed by atoms with van der Waals surface area (Å²) in [5.41, 5.74) is 0.550. The van der Waals surface area contributed by atoms with E-state index < -0.39 is 0 Å². The molecule has 0 heterocycles. The molecule has 0 aromatic carbocycles. The maximum atomic E-state index is 8.69. The van der Waals surface area contributed by atoms with E-state index in [-0.39, 0.29) is 0 Å². The molecule has 0 radical (unpaired) electrons. The van der Waals surface area contributed by atoms with Crippen molar-refractivity contribution in [1.82, 2.24) is 0 Å². The highest BCUT2D eigenvalue weighted by Gasteiger charge is 2.48. The number of aliphatic hydroxyl groups is 1. The summed E-state index contributed by atoms with van der Waals surface area (Å²) in [6.07, 6.45) is 3.60. The second kappa shape index (κ2) is 2.30. The lowest BCUT2D eigenvalue weighted by atomic mass is 9.97. The van der Waals surface area contributed by atoms with Crippen molar-refractivity contribution in [2.75, 3.05) is 6.61 Å². The summed E-state index contributed by atoms with van der Waals surface area (Å²) in [7, 11) is 0. The minimum atomic E-state index is 0.373. The van der Waals surface area contributed by atoms with E-state index in [0.29, 0.717) is 12.0 Å².